The third-order valence-corrected chi connectivity index (χ3v) is 5.86. The lowest BCUT2D eigenvalue weighted by atomic mass is 10.1. The maximum Gasteiger partial charge on any atom is 0.280 e. The largest absolute Gasteiger partial charge is 0.495 e. The van der Waals surface area contributed by atoms with Gasteiger partial charge in [-0.2, -0.15) is 18.4 Å². The molecule has 0 amide bonds. The van der Waals surface area contributed by atoms with Crippen molar-refractivity contribution in [2.24, 2.45) is 5.10 Å². The second-order valence-electron chi connectivity index (χ2n) is 5.91. The molecule has 0 aliphatic carbocycles. The third-order valence-electron chi connectivity index (χ3n) is 4.38. The average Bonchev–Trinajstić information content (AvgIpc) is 2.93. The molecular formula is C19H20ClN3O3S. The van der Waals surface area contributed by atoms with Gasteiger partial charge in [-0.25, -0.2) is 0 Å². The van der Waals surface area contributed by atoms with Crippen LogP contribution in [0.1, 0.15) is 18.2 Å². The molecule has 0 unspecified atom stereocenters. The van der Waals surface area contributed by atoms with Crippen molar-refractivity contribution < 1.29 is 13.2 Å². The lowest BCUT2D eigenvalue weighted by Crippen LogP contribution is -2.19. The molecule has 8 heteroatoms. The van der Waals surface area contributed by atoms with E-state index >= 15 is 0 Å². The monoisotopic (exact) mass is 405 g/mol. The van der Waals surface area contributed by atoms with Crippen LogP contribution in [0.3, 0.4) is 0 Å². The number of nitrogens with zero attached hydrogens (tertiary/aromatic N) is 2. The molecule has 0 bridgehead atoms. The van der Waals surface area contributed by atoms with Gasteiger partial charge in [-0.15, -0.1) is 0 Å². The molecule has 1 aromatic heterocycles. The standard InChI is InChI=1S/C19H20ClN3O3S/c1-4-23-13(2)16(15-7-5-6-8-17(15)23)12-21-22-27(24,25)19-11-14(20)9-10-18(19)26-3/h5-12,22H,4H2,1-3H3/b21-12+. The fourth-order valence-electron chi connectivity index (χ4n) is 3.10. The fourth-order valence-corrected chi connectivity index (χ4v) is 4.32. The summed E-state index contributed by atoms with van der Waals surface area (Å²) in [5, 5.41) is 5.29. The second kappa shape index (κ2) is 7.62. The molecule has 3 aromatic rings. The molecule has 0 spiro atoms. The Kier molecular flexibility index (Phi) is 5.43. The summed E-state index contributed by atoms with van der Waals surface area (Å²) in [4.78, 5) is 2.17. The number of hydrogen-bond donors (Lipinski definition) is 1. The zero-order valence-electron chi connectivity index (χ0n) is 15.2. The Morgan fingerprint density at radius 1 is 1.26 bits per heavy atom. The van der Waals surface area contributed by atoms with Crippen molar-refractivity contribution in [2.45, 2.75) is 25.3 Å². The minimum atomic E-state index is -3.92. The Labute approximate surface area is 163 Å². The van der Waals surface area contributed by atoms with E-state index in [1.807, 2.05) is 31.2 Å². The van der Waals surface area contributed by atoms with Gasteiger partial charge in [-0.1, -0.05) is 29.8 Å². The van der Waals surface area contributed by atoms with E-state index in [4.69, 9.17) is 16.3 Å². The number of aromatic nitrogens is 1. The highest BCUT2D eigenvalue weighted by Crippen LogP contribution is 2.27. The lowest BCUT2D eigenvalue weighted by Gasteiger charge is -2.09. The van der Waals surface area contributed by atoms with Crippen LogP contribution < -0.4 is 9.57 Å². The van der Waals surface area contributed by atoms with Gasteiger partial charge in [0.1, 0.15) is 10.6 Å². The molecule has 142 valence electrons. The van der Waals surface area contributed by atoms with E-state index in [0.29, 0.717) is 5.02 Å². The van der Waals surface area contributed by atoms with E-state index in [1.54, 1.807) is 6.07 Å². The number of benzene rings is 2. The van der Waals surface area contributed by atoms with Gasteiger partial charge in [0.2, 0.25) is 0 Å². The van der Waals surface area contributed by atoms with Crippen molar-refractivity contribution in [2.75, 3.05) is 7.11 Å². The Balaban J connectivity index is 1.96. The maximum atomic E-state index is 12.6. The molecule has 27 heavy (non-hydrogen) atoms. The number of rotatable bonds is 6. The fraction of sp³-hybridized carbons (Fsp3) is 0.211. The number of para-hydroxylation sites is 1. The summed E-state index contributed by atoms with van der Waals surface area (Å²) < 4.78 is 32.5. The van der Waals surface area contributed by atoms with Crippen LogP contribution in [0.5, 0.6) is 5.75 Å². The molecule has 1 heterocycles. The van der Waals surface area contributed by atoms with E-state index in [2.05, 4.69) is 21.4 Å². The minimum Gasteiger partial charge on any atom is -0.495 e. The Bertz CT molecular complexity index is 1120. The van der Waals surface area contributed by atoms with Gasteiger partial charge in [0, 0.05) is 33.7 Å². The van der Waals surface area contributed by atoms with Gasteiger partial charge in [0.25, 0.3) is 10.0 Å². The number of ether oxygens (including phenoxy) is 1. The first-order valence-corrected chi connectivity index (χ1v) is 10.2. The number of nitrogens with one attached hydrogen (secondary N) is 1. The van der Waals surface area contributed by atoms with Crippen molar-refractivity contribution in [1.29, 1.82) is 0 Å². The Morgan fingerprint density at radius 2 is 2.00 bits per heavy atom. The SMILES string of the molecule is CCn1c(C)c(/C=N/NS(=O)(=O)c2cc(Cl)ccc2OC)c2ccccc21. The van der Waals surface area contributed by atoms with Gasteiger partial charge < -0.3 is 9.30 Å². The molecule has 0 aliphatic heterocycles. The molecule has 0 saturated carbocycles. The van der Waals surface area contributed by atoms with E-state index in [9.17, 15) is 8.42 Å². The summed E-state index contributed by atoms with van der Waals surface area (Å²) in [6.45, 7) is 4.86. The lowest BCUT2D eigenvalue weighted by molar-refractivity contribution is 0.402. The minimum absolute atomic E-state index is 0.0673. The van der Waals surface area contributed by atoms with Crippen LogP contribution in [0.15, 0.2) is 52.5 Å². The first-order valence-electron chi connectivity index (χ1n) is 8.35. The zero-order chi connectivity index (χ0) is 19.6. The number of fused-ring (bicyclic) bond motifs is 1. The third kappa shape index (κ3) is 3.65. The number of halogens is 1. The summed E-state index contributed by atoms with van der Waals surface area (Å²) >= 11 is 5.93. The number of sulfonamides is 1. The molecule has 0 atom stereocenters. The summed E-state index contributed by atoms with van der Waals surface area (Å²) in [6.07, 6.45) is 1.53. The molecule has 0 radical (unpaired) electrons. The number of aryl methyl sites for hydroxylation is 1. The number of hydrazone groups is 1. The Hall–Kier alpha value is -2.51. The highest BCUT2D eigenvalue weighted by Gasteiger charge is 2.19. The summed E-state index contributed by atoms with van der Waals surface area (Å²) in [5.41, 5.74) is 2.97. The van der Waals surface area contributed by atoms with Crippen LogP contribution in [0.2, 0.25) is 5.02 Å². The van der Waals surface area contributed by atoms with Crippen molar-refractivity contribution in [1.82, 2.24) is 9.40 Å². The molecular weight excluding hydrogens is 386 g/mol. The van der Waals surface area contributed by atoms with Crippen molar-refractivity contribution in [3.63, 3.8) is 0 Å². The molecule has 0 aliphatic rings. The van der Waals surface area contributed by atoms with Crippen LogP contribution in [0.25, 0.3) is 10.9 Å². The van der Waals surface area contributed by atoms with Crippen LogP contribution in [-0.4, -0.2) is 26.3 Å². The van der Waals surface area contributed by atoms with Crippen molar-refractivity contribution in [3.05, 3.63) is 58.7 Å². The van der Waals surface area contributed by atoms with E-state index in [0.717, 1.165) is 28.7 Å². The summed E-state index contributed by atoms with van der Waals surface area (Å²) in [5.74, 6) is 0.195. The molecule has 0 saturated heterocycles. The van der Waals surface area contributed by atoms with Crippen LogP contribution in [0.4, 0.5) is 0 Å². The number of methoxy groups -OCH3 is 1. The molecule has 6 nitrogen and oxygen atoms in total. The highest BCUT2D eigenvalue weighted by atomic mass is 35.5. The van der Waals surface area contributed by atoms with Gasteiger partial charge in [-0.3, -0.25) is 0 Å². The summed E-state index contributed by atoms with van der Waals surface area (Å²) in [6, 6.07) is 12.3. The quantitative estimate of drug-likeness (QED) is 0.498. The van der Waals surface area contributed by atoms with E-state index in [1.165, 1.54) is 25.5 Å². The predicted molar refractivity (Wildman–Crippen MR) is 108 cm³/mol. The normalized spacial score (nSPS) is 12.0. The molecule has 2 aromatic carbocycles. The zero-order valence-corrected chi connectivity index (χ0v) is 16.8. The average molecular weight is 406 g/mol. The van der Waals surface area contributed by atoms with Gasteiger partial charge in [-0.05, 0) is 38.1 Å². The Morgan fingerprint density at radius 3 is 2.70 bits per heavy atom. The molecule has 1 N–H and O–H groups in total. The second-order valence-corrected chi connectivity index (χ2v) is 7.97. The molecule has 3 rings (SSSR count). The predicted octanol–water partition coefficient (Wildman–Crippen LogP) is 3.94. The van der Waals surface area contributed by atoms with Gasteiger partial charge in [0.05, 0.1) is 13.3 Å². The van der Waals surface area contributed by atoms with Gasteiger partial charge >= 0.3 is 0 Å². The number of hydrogen-bond acceptors (Lipinski definition) is 4. The topological polar surface area (TPSA) is 72.7 Å². The van der Waals surface area contributed by atoms with Crippen LogP contribution in [0, 0.1) is 6.92 Å². The smallest absolute Gasteiger partial charge is 0.280 e. The first kappa shape index (κ1) is 19.3. The first-order chi connectivity index (χ1) is 12.9. The molecule has 0 fully saturated rings. The highest BCUT2D eigenvalue weighted by molar-refractivity contribution is 7.89. The van der Waals surface area contributed by atoms with Gasteiger partial charge in [0.15, 0.2) is 0 Å². The van der Waals surface area contributed by atoms with Crippen LogP contribution in [-0.2, 0) is 16.6 Å². The van der Waals surface area contributed by atoms with Crippen LogP contribution >= 0.6 is 11.6 Å². The summed E-state index contributed by atoms with van der Waals surface area (Å²) in [7, 11) is -2.53. The van der Waals surface area contributed by atoms with Crippen molar-refractivity contribution >= 4 is 38.7 Å². The van der Waals surface area contributed by atoms with E-state index in [-0.39, 0.29) is 10.6 Å². The van der Waals surface area contributed by atoms with E-state index < -0.39 is 10.0 Å². The maximum absolute atomic E-state index is 12.6. The van der Waals surface area contributed by atoms with Crippen molar-refractivity contribution in [3.8, 4) is 5.75 Å².